The van der Waals surface area contributed by atoms with Gasteiger partial charge in [0.25, 0.3) is 0 Å². The van der Waals surface area contributed by atoms with Crippen molar-refractivity contribution >= 4 is 165 Å². The Morgan fingerprint density at radius 1 is 0.200 bits per heavy atom. The van der Waals surface area contributed by atoms with Gasteiger partial charge in [-0.1, -0.05) is 392 Å². The first-order valence-electron chi connectivity index (χ1n) is 46.3. The molecule has 2 heterocycles. The molecule has 4 aliphatic rings. The summed E-state index contributed by atoms with van der Waals surface area (Å²) in [5.41, 5.74) is 30.5. The molecule has 0 amide bonds. The molecule has 0 saturated heterocycles. The number of para-hydroxylation sites is 2. The standard InChI is InChI=1S/C64H41N3.C33H21BrN2.C31H21N/c1-2-21-44(22-3-1)66(59-34-18-33-58-63(59)52-29-12-15-32-57(52)64(58)55-30-13-10-25-48(55)49-26-11-14-31-56(49)64)60-40-53-47-24-7-9-28-51(47)61(41-54(53)46-23-6-8-27-50(46)60)67(62-35-16-17-38-65-62)45-37-36-42-19-4-5-20-43(42)39-45;34-31-20-29-26-12-4-6-14-28(26)32(21-30(29)25-11-3-5-13-27(25)31)36(33-15-7-8-18-35-33)24-17-16-22-9-1-2-10-23(22)19-24;1-2-11-21(12-3-1)32-29-20-10-19-28-30(29)24-15-6-9-18-27(24)31(28)25-16-7-4-13-22(25)23-14-5-8-17-26(23)31/h1-41H;1-21H;1-20,32H. The van der Waals surface area contributed by atoms with Crippen molar-refractivity contribution in [2.45, 2.75) is 10.8 Å². The summed E-state index contributed by atoms with van der Waals surface area (Å²) in [6.07, 6.45) is 3.75. The van der Waals surface area contributed by atoms with Crippen LogP contribution in [0, 0.1) is 0 Å². The SMILES string of the molecule is Brc1cc2c3ccccc3c(N(c3ccc4ccccc4c3)c3ccccn3)cc2c2ccccc12.c1ccc(N(c2cccc3c2-c2ccccc2C32c3ccccc3-c3ccccc32)c2cc3c4ccccc4c(N(c4ccc5ccccc5c4)c4ccccn4)cc3c3ccccc23)cc1.c1ccc(Nc2cccc3c2-c2ccccc2C32c3ccccc3-c3ccccc32)cc1. The summed E-state index contributed by atoms with van der Waals surface area (Å²) < 4.78 is 1.11. The molecule has 0 saturated carbocycles. The van der Waals surface area contributed by atoms with Crippen LogP contribution in [0.15, 0.2) is 502 Å². The molecule has 28 rings (SSSR count). The quantitative estimate of drug-likeness (QED) is 0.130. The fourth-order valence-electron chi connectivity index (χ4n) is 23.0. The normalized spacial score (nSPS) is 12.7. The lowest BCUT2D eigenvalue weighted by Crippen LogP contribution is -2.26. The van der Waals surface area contributed by atoms with Crippen LogP contribution in [0.4, 0.5) is 62.8 Å². The number of nitrogens with one attached hydrogen (secondary N) is 1. The summed E-state index contributed by atoms with van der Waals surface area (Å²) in [4.78, 5) is 16.9. The van der Waals surface area contributed by atoms with Crippen LogP contribution in [0.2, 0.25) is 0 Å². The highest BCUT2D eigenvalue weighted by Gasteiger charge is 2.54. The van der Waals surface area contributed by atoms with E-state index in [-0.39, 0.29) is 5.41 Å². The average molecular weight is 1790 g/mol. The number of nitrogens with zero attached hydrogens (tertiary/aromatic N) is 5. The lowest BCUT2D eigenvalue weighted by Gasteiger charge is -2.32. The fraction of sp³-hybridized carbons (Fsp3) is 0.0156. The Bertz CT molecular complexity index is 8810. The largest absolute Gasteiger partial charge is 0.355 e. The second-order valence-electron chi connectivity index (χ2n) is 35.4. The van der Waals surface area contributed by atoms with E-state index in [4.69, 9.17) is 9.97 Å². The van der Waals surface area contributed by atoms with Crippen molar-refractivity contribution in [2.24, 2.45) is 0 Å². The van der Waals surface area contributed by atoms with Crippen LogP contribution in [0.5, 0.6) is 0 Å². The Balaban J connectivity index is 0.000000117. The minimum Gasteiger partial charge on any atom is -0.355 e. The van der Waals surface area contributed by atoms with Gasteiger partial charge in [-0.15, -0.1) is 0 Å². The highest BCUT2D eigenvalue weighted by Crippen LogP contribution is 2.67. The van der Waals surface area contributed by atoms with E-state index < -0.39 is 5.41 Å². The summed E-state index contributed by atoms with van der Waals surface area (Å²) in [5.74, 6) is 1.75. The Morgan fingerprint density at radius 3 is 0.970 bits per heavy atom. The Morgan fingerprint density at radius 2 is 0.526 bits per heavy atom. The molecule has 135 heavy (non-hydrogen) atoms. The summed E-state index contributed by atoms with van der Waals surface area (Å²) in [5, 5.41) is 22.9. The van der Waals surface area contributed by atoms with E-state index in [2.05, 4.69) is 503 Å². The first-order valence-corrected chi connectivity index (χ1v) is 47.1. The van der Waals surface area contributed by atoms with Gasteiger partial charge in [0.05, 0.1) is 33.6 Å². The van der Waals surface area contributed by atoms with E-state index in [1.807, 2.05) is 30.6 Å². The van der Waals surface area contributed by atoms with Crippen LogP contribution in [0.25, 0.3) is 131 Å². The van der Waals surface area contributed by atoms with Gasteiger partial charge in [0.15, 0.2) is 0 Å². The predicted octanol–water partition coefficient (Wildman–Crippen LogP) is 34.7. The van der Waals surface area contributed by atoms with Gasteiger partial charge in [-0.05, 0) is 257 Å². The van der Waals surface area contributed by atoms with Crippen molar-refractivity contribution < 1.29 is 0 Å². The summed E-state index contributed by atoms with van der Waals surface area (Å²) >= 11 is 3.83. The van der Waals surface area contributed by atoms with Gasteiger partial charge < -0.3 is 10.2 Å². The Hall–Kier alpha value is -17.1. The first-order chi connectivity index (χ1) is 66.9. The highest BCUT2D eigenvalue weighted by atomic mass is 79.9. The second-order valence-corrected chi connectivity index (χ2v) is 36.2. The lowest BCUT2D eigenvalue weighted by molar-refractivity contribution is 0.794. The number of hydrogen-bond donors (Lipinski definition) is 1. The zero-order valence-corrected chi connectivity index (χ0v) is 75.0. The van der Waals surface area contributed by atoms with Crippen LogP contribution in [-0.2, 0) is 10.8 Å². The van der Waals surface area contributed by atoms with E-state index in [9.17, 15) is 0 Å². The molecule has 0 unspecified atom stereocenters. The molecular formula is C128H83BrN6. The van der Waals surface area contributed by atoms with E-state index in [0.29, 0.717) is 0 Å². The molecule has 0 fully saturated rings. The number of pyridine rings is 2. The maximum atomic E-state index is 4.98. The molecule has 0 aliphatic heterocycles. The van der Waals surface area contributed by atoms with Gasteiger partial charge in [0, 0.05) is 72.6 Å². The summed E-state index contributed by atoms with van der Waals surface area (Å²) in [6.45, 7) is 0. The minimum atomic E-state index is -0.458. The zero-order chi connectivity index (χ0) is 89.2. The van der Waals surface area contributed by atoms with E-state index in [0.717, 1.165) is 72.7 Å². The molecule has 4 aliphatic carbocycles. The average Bonchev–Trinajstić information content (AvgIpc) is 1.51. The molecule has 2 aromatic heterocycles. The highest BCUT2D eigenvalue weighted by molar-refractivity contribution is 9.10. The van der Waals surface area contributed by atoms with Gasteiger partial charge in [0.1, 0.15) is 11.6 Å². The van der Waals surface area contributed by atoms with Crippen LogP contribution >= 0.6 is 15.9 Å². The molecule has 24 aromatic rings. The van der Waals surface area contributed by atoms with E-state index >= 15 is 0 Å². The van der Waals surface area contributed by atoms with E-state index in [1.165, 1.54) is 170 Å². The Labute approximate surface area is 791 Å². The third-order valence-corrected chi connectivity index (χ3v) is 29.1. The molecule has 632 valence electrons. The fourth-order valence-corrected chi connectivity index (χ4v) is 23.5. The molecule has 0 bridgehead atoms. The number of rotatable bonds is 11. The van der Waals surface area contributed by atoms with Crippen molar-refractivity contribution in [1.82, 2.24) is 9.97 Å². The number of hydrogen-bond acceptors (Lipinski definition) is 6. The van der Waals surface area contributed by atoms with Gasteiger partial charge in [-0.25, -0.2) is 9.97 Å². The zero-order valence-electron chi connectivity index (χ0n) is 73.5. The van der Waals surface area contributed by atoms with Crippen LogP contribution < -0.4 is 20.0 Å². The topological polar surface area (TPSA) is 47.5 Å². The number of halogens is 1. The van der Waals surface area contributed by atoms with Crippen LogP contribution in [0.3, 0.4) is 0 Å². The van der Waals surface area contributed by atoms with E-state index in [1.54, 1.807) is 0 Å². The Kier molecular flexibility index (Phi) is 18.8. The second kappa shape index (κ2) is 32.2. The van der Waals surface area contributed by atoms with Crippen molar-refractivity contribution in [1.29, 1.82) is 0 Å². The van der Waals surface area contributed by atoms with Crippen LogP contribution in [-0.4, -0.2) is 9.97 Å². The van der Waals surface area contributed by atoms with Gasteiger partial charge in [-0.2, -0.15) is 0 Å². The molecule has 0 atom stereocenters. The maximum Gasteiger partial charge on any atom is 0.137 e. The number of anilines is 11. The van der Waals surface area contributed by atoms with Crippen molar-refractivity contribution in [3.8, 4) is 44.5 Å². The molecule has 2 spiro atoms. The third-order valence-electron chi connectivity index (χ3n) is 28.4. The third kappa shape index (κ3) is 12.4. The van der Waals surface area contributed by atoms with Gasteiger partial charge in [0.2, 0.25) is 0 Å². The lowest BCUT2D eigenvalue weighted by atomic mass is 9.70. The monoisotopic (exact) mass is 1780 g/mol. The van der Waals surface area contributed by atoms with Crippen molar-refractivity contribution in [3.63, 3.8) is 0 Å². The van der Waals surface area contributed by atoms with Crippen LogP contribution in [0.1, 0.15) is 44.5 Å². The molecule has 6 nitrogen and oxygen atoms in total. The first kappa shape index (κ1) is 78.9. The minimum absolute atomic E-state index is 0.284. The summed E-state index contributed by atoms with van der Waals surface area (Å²) in [6, 6.07) is 176. The maximum absolute atomic E-state index is 4.98. The number of fused-ring (bicyclic) bond motifs is 32. The smallest absolute Gasteiger partial charge is 0.137 e. The molecule has 1 N–H and O–H groups in total. The van der Waals surface area contributed by atoms with Crippen molar-refractivity contribution in [2.75, 3.05) is 20.0 Å². The predicted molar refractivity (Wildman–Crippen MR) is 569 cm³/mol. The van der Waals surface area contributed by atoms with Crippen molar-refractivity contribution in [3.05, 3.63) is 547 Å². The molecule has 0 radical (unpaired) electrons. The van der Waals surface area contributed by atoms with Gasteiger partial charge in [-0.3, -0.25) is 9.80 Å². The number of aromatic nitrogens is 2. The molecule has 7 heteroatoms. The van der Waals surface area contributed by atoms with Gasteiger partial charge >= 0.3 is 0 Å². The molecular weight excluding hydrogens is 1700 g/mol. The number of benzene rings is 22. The molecule has 22 aromatic carbocycles. The summed E-state index contributed by atoms with van der Waals surface area (Å²) in [7, 11) is 0.